The quantitative estimate of drug-likeness (QED) is 0.486. The average molecular weight is 465 g/mol. The van der Waals surface area contributed by atoms with Gasteiger partial charge in [-0.05, 0) is 42.8 Å². The summed E-state index contributed by atoms with van der Waals surface area (Å²) in [7, 11) is 3.24. The van der Waals surface area contributed by atoms with Crippen molar-refractivity contribution in [1.82, 2.24) is 20.4 Å². The van der Waals surface area contributed by atoms with Gasteiger partial charge in [-0.15, -0.1) is 0 Å². The number of nitrogens with zero attached hydrogens (tertiary/aromatic N) is 3. The Bertz CT molecular complexity index is 1170. The molecule has 1 aliphatic rings. The van der Waals surface area contributed by atoms with Gasteiger partial charge in [-0.2, -0.15) is 4.98 Å². The van der Waals surface area contributed by atoms with Crippen molar-refractivity contribution in [3.63, 3.8) is 0 Å². The summed E-state index contributed by atoms with van der Waals surface area (Å²) < 4.78 is 16.7. The van der Waals surface area contributed by atoms with Gasteiger partial charge in [0.2, 0.25) is 5.82 Å². The van der Waals surface area contributed by atoms with E-state index in [2.05, 4.69) is 29.2 Å². The van der Waals surface area contributed by atoms with Crippen molar-refractivity contribution in [2.24, 2.45) is 5.92 Å². The van der Waals surface area contributed by atoms with Crippen LogP contribution in [-0.4, -0.2) is 40.9 Å². The second-order valence-corrected chi connectivity index (χ2v) is 8.68. The number of ether oxygens (including phenoxy) is 2. The molecule has 1 atom stereocenters. The Kier molecular flexibility index (Phi) is 6.65. The predicted octanol–water partition coefficient (Wildman–Crippen LogP) is 5.07. The number of aromatic nitrogens is 2. The maximum atomic E-state index is 5.79. The van der Waals surface area contributed by atoms with Crippen LogP contribution < -0.4 is 14.8 Å². The lowest BCUT2D eigenvalue weighted by Gasteiger charge is -2.38. The zero-order valence-corrected chi connectivity index (χ0v) is 20.3. The lowest BCUT2D eigenvalue weighted by atomic mass is 9.94. The van der Waals surface area contributed by atoms with E-state index in [4.69, 9.17) is 31.2 Å². The standard InChI is InChI=1S/C25H28N4O3S/c1-15(2)14-29-16(3)21(24-27-23(28-32-24)17-9-7-6-8-10-17)22(26-25(29)33)18-11-12-19(30-4)20(13-18)31-5/h6-13,15,22H,14H2,1-5H3,(H,26,33). The largest absolute Gasteiger partial charge is 0.493 e. The maximum absolute atomic E-state index is 5.79. The van der Waals surface area contributed by atoms with Crippen molar-refractivity contribution in [3.8, 4) is 22.9 Å². The van der Waals surface area contributed by atoms with Crippen molar-refractivity contribution in [3.05, 3.63) is 65.7 Å². The van der Waals surface area contributed by atoms with Gasteiger partial charge in [0, 0.05) is 17.8 Å². The fourth-order valence-electron chi connectivity index (χ4n) is 3.96. The molecule has 0 radical (unpaired) electrons. The molecule has 0 spiro atoms. The summed E-state index contributed by atoms with van der Waals surface area (Å²) in [5.41, 5.74) is 3.71. The number of rotatable bonds is 7. The van der Waals surface area contributed by atoms with Crippen LogP contribution in [0, 0.1) is 5.92 Å². The molecule has 1 aliphatic heterocycles. The van der Waals surface area contributed by atoms with E-state index in [9.17, 15) is 0 Å². The minimum absolute atomic E-state index is 0.287. The Balaban J connectivity index is 1.83. The van der Waals surface area contributed by atoms with E-state index in [0.29, 0.717) is 34.2 Å². The highest BCUT2D eigenvalue weighted by Crippen LogP contribution is 2.40. The molecule has 2 heterocycles. The molecule has 1 aromatic heterocycles. The van der Waals surface area contributed by atoms with Crippen LogP contribution in [0.15, 0.2) is 58.8 Å². The zero-order chi connectivity index (χ0) is 23.5. The zero-order valence-electron chi connectivity index (χ0n) is 19.5. The first kappa shape index (κ1) is 22.8. The fourth-order valence-corrected chi connectivity index (χ4v) is 4.29. The Morgan fingerprint density at radius 1 is 1.09 bits per heavy atom. The molecule has 0 fully saturated rings. The number of nitrogens with one attached hydrogen (secondary N) is 1. The second-order valence-electron chi connectivity index (χ2n) is 8.29. The van der Waals surface area contributed by atoms with Gasteiger partial charge in [0.05, 0.1) is 25.8 Å². The number of hydrogen-bond acceptors (Lipinski definition) is 6. The summed E-state index contributed by atoms with van der Waals surface area (Å²) in [6.07, 6.45) is 0. The van der Waals surface area contributed by atoms with Gasteiger partial charge in [-0.1, -0.05) is 55.4 Å². The van der Waals surface area contributed by atoms with Crippen molar-refractivity contribution < 1.29 is 14.0 Å². The third-order valence-electron chi connectivity index (χ3n) is 5.57. The average Bonchev–Trinajstić information content (AvgIpc) is 3.31. The number of thiocarbonyl (C=S) groups is 1. The van der Waals surface area contributed by atoms with E-state index in [0.717, 1.165) is 28.9 Å². The summed E-state index contributed by atoms with van der Waals surface area (Å²) in [6, 6.07) is 15.3. The number of allylic oxidation sites excluding steroid dienone is 1. The van der Waals surface area contributed by atoms with E-state index in [1.807, 2.05) is 55.5 Å². The fraction of sp³-hybridized carbons (Fsp3) is 0.320. The summed E-state index contributed by atoms with van der Waals surface area (Å²) in [4.78, 5) is 6.84. The van der Waals surface area contributed by atoms with Crippen LogP contribution in [0.25, 0.3) is 17.0 Å². The molecule has 0 aliphatic carbocycles. The van der Waals surface area contributed by atoms with Crippen molar-refractivity contribution in [1.29, 1.82) is 0 Å². The Hall–Kier alpha value is -3.39. The highest BCUT2D eigenvalue weighted by molar-refractivity contribution is 7.80. The molecular weight excluding hydrogens is 436 g/mol. The monoisotopic (exact) mass is 464 g/mol. The lowest BCUT2D eigenvalue weighted by Crippen LogP contribution is -2.47. The number of benzene rings is 2. The normalized spacial score (nSPS) is 16.2. The Morgan fingerprint density at radius 2 is 1.82 bits per heavy atom. The minimum Gasteiger partial charge on any atom is -0.493 e. The predicted molar refractivity (Wildman–Crippen MR) is 132 cm³/mol. The third kappa shape index (κ3) is 4.57. The van der Waals surface area contributed by atoms with Crippen molar-refractivity contribution in [2.75, 3.05) is 20.8 Å². The number of methoxy groups -OCH3 is 2. The van der Waals surface area contributed by atoms with Crippen LogP contribution in [0.2, 0.25) is 0 Å². The SMILES string of the molecule is COc1ccc(C2NC(=S)N(CC(C)C)C(C)=C2c2nc(-c3ccccc3)no2)cc1OC. The van der Waals surface area contributed by atoms with Gasteiger partial charge < -0.3 is 24.2 Å². The maximum Gasteiger partial charge on any atom is 0.258 e. The highest BCUT2D eigenvalue weighted by atomic mass is 32.1. The van der Waals surface area contributed by atoms with Gasteiger partial charge in [-0.3, -0.25) is 0 Å². The minimum atomic E-state index is -0.287. The Labute approximate surface area is 199 Å². The van der Waals surface area contributed by atoms with Gasteiger partial charge >= 0.3 is 0 Å². The van der Waals surface area contributed by atoms with E-state index in [1.165, 1.54) is 0 Å². The molecule has 33 heavy (non-hydrogen) atoms. The first-order valence-corrected chi connectivity index (χ1v) is 11.2. The summed E-state index contributed by atoms with van der Waals surface area (Å²) in [6.45, 7) is 7.15. The van der Waals surface area contributed by atoms with Crippen LogP contribution in [0.1, 0.15) is 38.3 Å². The van der Waals surface area contributed by atoms with Gasteiger partial charge in [-0.25, -0.2) is 0 Å². The number of hydrogen-bond donors (Lipinski definition) is 1. The topological polar surface area (TPSA) is 72.7 Å². The van der Waals surface area contributed by atoms with Gasteiger partial charge in [0.1, 0.15) is 0 Å². The molecule has 7 nitrogen and oxygen atoms in total. The molecule has 1 unspecified atom stereocenters. The summed E-state index contributed by atoms with van der Waals surface area (Å²) in [5.74, 6) is 2.71. The van der Waals surface area contributed by atoms with Crippen LogP contribution in [0.4, 0.5) is 0 Å². The van der Waals surface area contributed by atoms with Crippen LogP contribution >= 0.6 is 12.2 Å². The third-order valence-corrected chi connectivity index (χ3v) is 5.91. The molecule has 172 valence electrons. The molecule has 0 saturated heterocycles. The molecule has 0 bridgehead atoms. The van der Waals surface area contributed by atoms with E-state index < -0.39 is 0 Å². The van der Waals surface area contributed by atoms with Crippen LogP contribution in [0.3, 0.4) is 0 Å². The van der Waals surface area contributed by atoms with E-state index >= 15 is 0 Å². The molecule has 0 saturated carbocycles. The lowest BCUT2D eigenvalue weighted by molar-refractivity contribution is 0.354. The molecule has 8 heteroatoms. The smallest absolute Gasteiger partial charge is 0.258 e. The second kappa shape index (κ2) is 9.62. The molecule has 3 aromatic rings. The molecular formula is C25H28N4O3S. The van der Waals surface area contributed by atoms with Crippen LogP contribution in [-0.2, 0) is 0 Å². The molecule has 0 amide bonds. The molecule has 4 rings (SSSR count). The highest BCUT2D eigenvalue weighted by Gasteiger charge is 2.34. The summed E-state index contributed by atoms with van der Waals surface area (Å²) in [5, 5.41) is 8.39. The van der Waals surface area contributed by atoms with E-state index in [1.54, 1.807) is 14.2 Å². The molecule has 2 aromatic carbocycles. The summed E-state index contributed by atoms with van der Waals surface area (Å²) >= 11 is 5.75. The van der Waals surface area contributed by atoms with E-state index in [-0.39, 0.29) is 6.04 Å². The van der Waals surface area contributed by atoms with Crippen LogP contribution in [0.5, 0.6) is 11.5 Å². The first-order chi connectivity index (χ1) is 15.9. The Morgan fingerprint density at radius 3 is 2.48 bits per heavy atom. The van der Waals surface area contributed by atoms with Gasteiger partial charge in [0.25, 0.3) is 5.89 Å². The van der Waals surface area contributed by atoms with Gasteiger partial charge in [0.15, 0.2) is 16.6 Å². The van der Waals surface area contributed by atoms with Crippen molar-refractivity contribution in [2.45, 2.75) is 26.8 Å². The first-order valence-electron chi connectivity index (χ1n) is 10.8. The molecule has 1 N–H and O–H groups in total. The van der Waals surface area contributed by atoms with Crippen molar-refractivity contribution >= 4 is 22.9 Å².